The van der Waals surface area contributed by atoms with Gasteiger partial charge in [-0.05, 0) is 49.1 Å². The summed E-state index contributed by atoms with van der Waals surface area (Å²) in [7, 11) is 1.50. The number of ether oxygens (including phenoxy) is 2. The number of benzene rings is 1. The minimum Gasteiger partial charge on any atom is -0.468 e. The van der Waals surface area contributed by atoms with Gasteiger partial charge < -0.3 is 14.5 Å². The summed E-state index contributed by atoms with van der Waals surface area (Å²) >= 11 is 0. The first kappa shape index (κ1) is 18.7. The van der Waals surface area contributed by atoms with Crippen LogP contribution >= 0.6 is 0 Å². The van der Waals surface area contributed by atoms with Crippen LogP contribution in [0.3, 0.4) is 0 Å². The van der Waals surface area contributed by atoms with Crippen LogP contribution < -0.4 is 0 Å². The van der Waals surface area contributed by atoms with Crippen molar-refractivity contribution in [2.45, 2.75) is 44.1 Å². The maximum Gasteiger partial charge on any atom is 0.319 e. The Morgan fingerprint density at radius 3 is 2.93 bits per heavy atom. The summed E-state index contributed by atoms with van der Waals surface area (Å²) < 4.78 is 10.7. The molecule has 1 unspecified atom stereocenters. The van der Waals surface area contributed by atoms with Crippen LogP contribution in [0.2, 0.25) is 0 Å². The number of fused-ring (bicyclic) bond motifs is 4. The molecule has 3 fully saturated rings. The number of carbonyl (C=O) groups is 2. The molecule has 1 aromatic carbocycles. The minimum atomic E-state index is -0.679. The van der Waals surface area contributed by atoms with Crippen LogP contribution in [0.4, 0.5) is 0 Å². The molecule has 29 heavy (non-hydrogen) atoms. The van der Waals surface area contributed by atoms with E-state index in [0.717, 1.165) is 50.0 Å². The molecule has 0 amide bonds. The highest BCUT2D eigenvalue weighted by Gasteiger charge is 2.62. The zero-order valence-corrected chi connectivity index (χ0v) is 17.1. The van der Waals surface area contributed by atoms with Crippen molar-refractivity contribution < 1.29 is 19.1 Å². The van der Waals surface area contributed by atoms with Gasteiger partial charge in [0.05, 0.1) is 13.7 Å². The molecule has 2 aromatic rings. The maximum absolute atomic E-state index is 13.5. The Kier molecular flexibility index (Phi) is 4.42. The molecule has 4 heterocycles. The minimum absolute atomic E-state index is 0.0739. The molecule has 1 aromatic heterocycles. The molecule has 0 spiro atoms. The van der Waals surface area contributed by atoms with E-state index in [1.54, 1.807) is 0 Å². The average molecular weight is 396 g/mol. The van der Waals surface area contributed by atoms with E-state index >= 15 is 0 Å². The number of para-hydroxylation sites is 1. The van der Waals surface area contributed by atoms with Crippen LogP contribution in [-0.2, 0) is 30.9 Å². The normalized spacial score (nSPS) is 32.5. The number of aromatic nitrogens is 1. The third kappa shape index (κ3) is 2.72. The molecule has 1 aliphatic carbocycles. The number of piperidine rings is 2. The fourth-order valence-electron chi connectivity index (χ4n) is 6.51. The fourth-order valence-corrected chi connectivity index (χ4v) is 6.51. The molecule has 154 valence electrons. The number of methoxy groups -OCH3 is 1. The molecular formula is C23H28N2O4. The molecule has 5 atom stereocenters. The molecule has 3 aliphatic heterocycles. The van der Waals surface area contributed by atoms with E-state index in [2.05, 4.69) is 28.1 Å². The summed E-state index contributed by atoms with van der Waals surface area (Å²) in [6.07, 6.45) is 3.62. The average Bonchev–Trinajstić information content (AvgIpc) is 3.06. The maximum atomic E-state index is 13.5. The number of H-pyrrole nitrogens is 1. The molecule has 6 nitrogen and oxygen atoms in total. The molecule has 1 saturated carbocycles. The Balaban J connectivity index is 1.64. The van der Waals surface area contributed by atoms with Crippen molar-refractivity contribution >= 4 is 22.8 Å². The predicted octanol–water partition coefficient (Wildman–Crippen LogP) is 2.80. The van der Waals surface area contributed by atoms with Gasteiger partial charge in [-0.15, -0.1) is 0 Å². The Hall–Kier alpha value is -2.34. The second-order valence-corrected chi connectivity index (χ2v) is 8.87. The van der Waals surface area contributed by atoms with E-state index in [1.807, 2.05) is 6.07 Å². The van der Waals surface area contributed by atoms with Gasteiger partial charge >= 0.3 is 11.9 Å². The summed E-state index contributed by atoms with van der Waals surface area (Å²) in [5, 5.41) is 1.21. The van der Waals surface area contributed by atoms with Crippen molar-refractivity contribution in [1.29, 1.82) is 0 Å². The molecule has 1 N–H and O–H groups in total. The van der Waals surface area contributed by atoms with Crippen LogP contribution in [0.5, 0.6) is 0 Å². The van der Waals surface area contributed by atoms with Crippen molar-refractivity contribution in [3.8, 4) is 0 Å². The molecule has 2 saturated heterocycles. The monoisotopic (exact) mass is 396 g/mol. The first-order chi connectivity index (χ1) is 14.0. The van der Waals surface area contributed by atoms with Crippen LogP contribution in [0.25, 0.3) is 10.9 Å². The summed E-state index contributed by atoms with van der Waals surface area (Å²) in [5.41, 5.74) is 2.73. The quantitative estimate of drug-likeness (QED) is 0.805. The smallest absolute Gasteiger partial charge is 0.319 e. The third-order valence-electron chi connectivity index (χ3n) is 7.34. The summed E-state index contributed by atoms with van der Waals surface area (Å²) in [5.74, 6) is 0.366. The Morgan fingerprint density at radius 2 is 2.14 bits per heavy atom. The Bertz CT molecular complexity index is 967. The van der Waals surface area contributed by atoms with Crippen molar-refractivity contribution in [3.05, 3.63) is 35.5 Å². The lowest BCUT2D eigenvalue weighted by Crippen LogP contribution is -2.67. The van der Waals surface area contributed by atoms with Gasteiger partial charge in [0.25, 0.3) is 0 Å². The van der Waals surface area contributed by atoms with Crippen LogP contribution in [-0.4, -0.2) is 54.7 Å². The zero-order valence-electron chi connectivity index (χ0n) is 17.1. The molecule has 4 aliphatic rings. The lowest BCUT2D eigenvalue weighted by atomic mass is 9.56. The molecule has 6 rings (SSSR count). The van der Waals surface area contributed by atoms with Crippen molar-refractivity contribution in [1.82, 2.24) is 9.88 Å². The number of carbonyl (C=O) groups excluding carboxylic acids is 2. The predicted molar refractivity (Wildman–Crippen MR) is 109 cm³/mol. The largest absolute Gasteiger partial charge is 0.468 e. The second-order valence-electron chi connectivity index (χ2n) is 8.87. The molecular weight excluding hydrogens is 368 g/mol. The summed E-state index contributed by atoms with van der Waals surface area (Å²) in [6.45, 7) is 3.84. The Labute approximate surface area is 170 Å². The third-order valence-corrected chi connectivity index (χ3v) is 7.34. The van der Waals surface area contributed by atoms with Gasteiger partial charge in [-0.25, -0.2) is 0 Å². The molecule has 4 bridgehead atoms. The summed E-state index contributed by atoms with van der Waals surface area (Å²) in [4.78, 5) is 30.9. The number of nitrogens with one attached hydrogen (secondary N) is 1. The van der Waals surface area contributed by atoms with Gasteiger partial charge in [0.15, 0.2) is 0 Å². The van der Waals surface area contributed by atoms with E-state index in [9.17, 15) is 9.59 Å². The number of hydrogen-bond donors (Lipinski definition) is 1. The topological polar surface area (TPSA) is 71.6 Å². The van der Waals surface area contributed by atoms with Gasteiger partial charge in [-0.3, -0.25) is 14.5 Å². The lowest BCUT2D eigenvalue weighted by Gasteiger charge is -2.57. The second kappa shape index (κ2) is 6.87. The van der Waals surface area contributed by atoms with E-state index < -0.39 is 5.41 Å². The fraction of sp³-hybridized carbons (Fsp3) is 0.565. The van der Waals surface area contributed by atoms with E-state index in [0.29, 0.717) is 18.4 Å². The van der Waals surface area contributed by atoms with Gasteiger partial charge in [0.2, 0.25) is 0 Å². The van der Waals surface area contributed by atoms with Crippen LogP contribution in [0.1, 0.15) is 37.4 Å². The zero-order chi connectivity index (χ0) is 20.2. The molecule has 0 radical (unpaired) electrons. The number of aromatic amines is 1. The van der Waals surface area contributed by atoms with Gasteiger partial charge in [-0.2, -0.15) is 0 Å². The highest BCUT2D eigenvalue weighted by Crippen LogP contribution is 2.55. The first-order valence-corrected chi connectivity index (χ1v) is 10.6. The highest BCUT2D eigenvalue weighted by molar-refractivity contribution is 5.91. The van der Waals surface area contributed by atoms with E-state index in [4.69, 9.17) is 9.47 Å². The highest BCUT2D eigenvalue weighted by atomic mass is 16.5. The van der Waals surface area contributed by atoms with Crippen molar-refractivity contribution in [2.24, 2.45) is 11.8 Å². The van der Waals surface area contributed by atoms with Crippen LogP contribution in [0.15, 0.2) is 24.3 Å². The van der Waals surface area contributed by atoms with Gasteiger partial charge in [0.1, 0.15) is 5.41 Å². The molecule has 6 heteroatoms. The van der Waals surface area contributed by atoms with E-state index in [1.165, 1.54) is 25.0 Å². The standard InChI is InChI=1S/C23H28N2O4/c1-14(26)29-10-8-16-11-15-12-23(22(27)28-2)20-18(7-9-25(13-15)21(16)23)17-5-3-4-6-19(17)24-20/h3-6,15-16,21,24H,7-13H2,1-2H3/t15-,16+,21+,23-/m1/s1. The van der Waals surface area contributed by atoms with Crippen LogP contribution in [0, 0.1) is 11.8 Å². The Morgan fingerprint density at radius 1 is 1.31 bits per heavy atom. The van der Waals surface area contributed by atoms with Crippen molar-refractivity contribution in [2.75, 3.05) is 26.8 Å². The number of nitrogens with zero attached hydrogens (tertiary/aromatic N) is 1. The van der Waals surface area contributed by atoms with Gasteiger partial charge in [-0.1, -0.05) is 18.2 Å². The number of rotatable bonds is 4. The first-order valence-electron chi connectivity index (χ1n) is 10.6. The summed E-state index contributed by atoms with van der Waals surface area (Å²) in [6, 6.07) is 8.41. The number of esters is 2. The van der Waals surface area contributed by atoms with Gasteiger partial charge in [0, 0.05) is 42.7 Å². The lowest BCUT2D eigenvalue weighted by molar-refractivity contribution is -0.163. The SMILES string of the molecule is COC(=O)[C@@]12C[C@H]3C[C@H](CCOC(C)=O)[C@@H]1N(CCc1c2[nH]c2ccccc12)C3. The van der Waals surface area contributed by atoms with E-state index in [-0.39, 0.29) is 18.0 Å². The number of hydrogen-bond acceptors (Lipinski definition) is 5. The van der Waals surface area contributed by atoms with Crippen molar-refractivity contribution in [3.63, 3.8) is 0 Å².